The summed E-state index contributed by atoms with van der Waals surface area (Å²) in [6.45, 7) is 0. The van der Waals surface area contributed by atoms with Gasteiger partial charge in [0.05, 0.1) is 17.2 Å². The van der Waals surface area contributed by atoms with Crippen molar-refractivity contribution >= 4 is 45.5 Å². The van der Waals surface area contributed by atoms with Crippen molar-refractivity contribution < 1.29 is 9.53 Å². The van der Waals surface area contributed by atoms with Crippen molar-refractivity contribution in [1.82, 2.24) is 4.98 Å². The molecule has 1 aromatic carbocycles. The van der Waals surface area contributed by atoms with Gasteiger partial charge in [-0.3, -0.25) is 0 Å². The molecule has 0 atom stereocenters. The predicted octanol–water partition coefficient (Wildman–Crippen LogP) is 3.49. The van der Waals surface area contributed by atoms with Crippen LogP contribution in [0.3, 0.4) is 0 Å². The molecule has 4 nitrogen and oxygen atoms in total. The first-order chi connectivity index (χ1) is 8.52. The third-order valence-corrected chi connectivity index (χ3v) is 3.87. The molecule has 94 valence electrons. The lowest BCUT2D eigenvalue weighted by Gasteiger charge is -1.98. The van der Waals surface area contributed by atoms with Gasteiger partial charge in [0.1, 0.15) is 10.0 Å². The number of esters is 1. The van der Waals surface area contributed by atoms with E-state index in [1.54, 1.807) is 18.2 Å². The Bertz CT molecular complexity index is 613. The van der Waals surface area contributed by atoms with E-state index in [0.29, 0.717) is 20.1 Å². The highest BCUT2D eigenvalue weighted by Crippen LogP contribution is 2.33. The fraction of sp³-hybridized carbons (Fsp3) is 0.0909. The number of anilines is 1. The Morgan fingerprint density at radius 2 is 2.11 bits per heavy atom. The summed E-state index contributed by atoms with van der Waals surface area (Å²) in [6.07, 6.45) is 0. The maximum absolute atomic E-state index is 11.4. The Kier molecular flexibility index (Phi) is 3.75. The van der Waals surface area contributed by atoms with Crippen LogP contribution in [-0.4, -0.2) is 18.1 Å². The second kappa shape index (κ2) is 5.14. The molecule has 0 aliphatic heterocycles. The van der Waals surface area contributed by atoms with Crippen molar-refractivity contribution in [3.63, 3.8) is 0 Å². The molecular formula is C11H8Cl2N2O2S. The third-order valence-electron chi connectivity index (χ3n) is 2.20. The normalized spacial score (nSPS) is 10.4. The largest absolute Gasteiger partial charge is 0.464 e. The number of benzene rings is 1. The molecule has 0 saturated carbocycles. The molecular weight excluding hydrogens is 295 g/mol. The molecule has 0 unspecified atom stereocenters. The van der Waals surface area contributed by atoms with Crippen LogP contribution in [0.25, 0.3) is 10.6 Å². The van der Waals surface area contributed by atoms with Crippen LogP contribution in [0, 0.1) is 0 Å². The first kappa shape index (κ1) is 13.1. The van der Waals surface area contributed by atoms with Gasteiger partial charge in [0.15, 0.2) is 5.69 Å². The molecule has 0 amide bonds. The Labute approximate surface area is 117 Å². The molecule has 0 fully saturated rings. The van der Waals surface area contributed by atoms with Gasteiger partial charge in [-0.05, 0) is 12.1 Å². The van der Waals surface area contributed by atoms with Crippen molar-refractivity contribution in [2.75, 3.05) is 12.8 Å². The SMILES string of the molecule is COC(=O)c1nc(-c2ccc(Cl)c(Cl)c2)sc1N. The summed E-state index contributed by atoms with van der Waals surface area (Å²) >= 11 is 12.9. The smallest absolute Gasteiger partial charge is 0.359 e. The predicted molar refractivity (Wildman–Crippen MR) is 73.3 cm³/mol. The highest BCUT2D eigenvalue weighted by Gasteiger charge is 2.17. The summed E-state index contributed by atoms with van der Waals surface area (Å²) in [6, 6.07) is 5.09. The summed E-state index contributed by atoms with van der Waals surface area (Å²) in [4.78, 5) is 15.5. The minimum atomic E-state index is -0.560. The third kappa shape index (κ3) is 2.43. The van der Waals surface area contributed by atoms with Gasteiger partial charge in [-0.25, -0.2) is 9.78 Å². The summed E-state index contributed by atoms with van der Waals surface area (Å²) in [5.41, 5.74) is 6.58. The molecule has 0 saturated heterocycles. The van der Waals surface area contributed by atoms with Crippen LogP contribution < -0.4 is 5.73 Å². The van der Waals surface area contributed by atoms with Gasteiger partial charge in [-0.1, -0.05) is 40.6 Å². The van der Waals surface area contributed by atoms with Gasteiger partial charge < -0.3 is 10.5 Å². The molecule has 1 heterocycles. The van der Waals surface area contributed by atoms with Gasteiger partial charge in [-0.15, -0.1) is 0 Å². The molecule has 0 aliphatic carbocycles. The van der Waals surface area contributed by atoms with E-state index in [4.69, 9.17) is 28.9 Å². The second-order valence-corrected chi connectivity index (χ2v) is 5.20. The van der Waals surface area contributed by atoms with Crippen LogP contribution in [-0.2, 0) is 4.74 Å². The van der Waals surface area contributed by atoms with Crippen LogP contribution in [0.5, 0.6) is 0 Å². The Morgan fingerprint density at radius 1 is 1.39 bits per heavy atom. The topological polar surface area (TPSA) is 65.2 Å². The maximum Gasteiger partial charge on any atom is 0.359 e. The van der Waals surface area contributed by atoms with Crippen molar-refractivity contribution in [2.24, 2.45) is 0 Å². The Hall–Kier alpha value is -1.30. The number of thiazole rings is 1. The molecule has 1 aromatic heterocycles. The van der Waals surface area contributed by atoms with Crippen LogP contribution in [0.15, 0.2) is 18.2 Å². The maximum atomic E-state index is 11.4. The number of ether oxygens (including phenoxy) is 1. The lowest BCUT2D eigenvalue weighted by Crippen LogP contribution is -2.04. The first-order valence-corrected chi connectivity index (χ1v) is 6.40. The number of aromatic nitrogens is 1. The van der Waals surface area contributed by atoms with E-state index in [1.807, 2.05) is 0 Å². The number of rotatable bonds is 2. The van der Waals surface area contributed by atoms with E-state index in [9.17, 15) is 4.79 Å². The monoisotopic (exact) mass is 302 g/mol. The molecule has 2 aromatic rings. The molecule has 2 N–H and O–H groups in total. The molecule has 7 heteroatoms. The van der Waals surface area contributed by atoms with Crippen LogP contribution in [0.4, 0.5) is 5.00 Å². The van der Waals surface area contributed by atoms with Gasteiger partial charge >= 0.3 is 5.97 Å². The summed E-state index contributed by atoms with van der Waals surface area (Å²) in [5, 5.41) is 1.77. The molecule has 0 radical (unpaired) electrons. The number of carbonyl (C=O) groups excluding carboxylic acids is 1. The number of nitrogen functional groups attached to an aromatic ring is 1. The number of methoxy groups -OCH3 is 1. The summed E-state index contributed by atoms with van der Waals surface area (Å²) < 4.78 is 4.59. The lowest BCUT2D eigenvalue weighted by atomic mass is 10.2. The zero-order valence-electron chi connectivity index (χ0n) is 9.24. The molecule has 2 rings (SSSR count). The van der Waals surface area contributed by atoms with E-state index in [1.165, 1.54) is 18.4 Å². The van der Waals surface area contributed by atoms with Gasteiger partial charge in [0, 0.05) is 5.56 Å². The van der Waals surface area contributed by atoms with Gasteiger partial charge in [-0.2, -0.15) is 0 Å². The molecule has 0 spiro atoms. The minimum Gasteiger partial charge on any atom is -0.464 e. The quantitative estimate of drug-likeness (QED) is 0.863. The summed E-state index contributed by atoms with van der Waals surface area (Å²) in [5.74, 6) is -0.560. The Morgan fingerprint density at radius 3 is 2.72 bits per heavy atom. The number of carbonyl (C=O) groups is 1. The fourth-order valence-corrected chi connectivity index (χ4v) is 2.44. The number of nitrogens with two attached hydrogens (primary N) is 1. The van der Waals surface area contributed by atoms with Crippen LogP contribution in [0.2, 0.25) is 10.0 Å². The van der Waals surface area contributed by atoms with E-state index < -0.39 is 5.97 Å². The Balaban J connectivity index is 2.45. The summed E-state index contributed by atoms with van der Waals surface area (Å²) in [7, 11) is 1.28. The molecule has 0 bridgehead atoms. The lowest BCUT2D eigenvalue weighted by molar-refractivity contribution is 0.0596. The number of nitrogens with zero attached hydrogens (tertiary/aromatic N) is 1. The van der Waals surface area contributed by atoms with E-state index >= 15 is 0 Å². The highest BCUT2D eigenvalue weighted by molar-refractivity contribution is 7.19. The van der Waals surface area contributed by atoms with Crippen LogP contribution >= 0.6 is 34.5 Å². The van der Waals surface area contributed by atoms with E-state index in [-0.39, 0.29) is 5.69 Å². The molecule has 0 aliphatic rings. The minimum absolute atomic E-state index is 0.114. The standard InChI is InChI=1S/C11H8Cl2N2O2S/c1-17-11(16)8-9(14)18-10(15-8)5-2-3-6(12)7(13)4-5/h2-4H,14H2,1H3. The van der Waals surface area contributed by atoms with Crippen molar-refractivity contribution in [2.45, 2.75) is 0 Å². The highest BCUT2D eigenvalue weighted by atomic mass is 35.5. The zero-order chi connectivity index (χ0) is 13.3. The van der Waals surface area contributed by atoms with Gasteiger partial charge in [0.2, 0.25) is 0 Å². The number of hydrogen-bond acceptors (Lipinski definition) is 5. The van der Waals surface area contributed by atoms with Crippen LogP contribution in [0.1, 0.15) is 10.5 Å². The average Bonchev–Trinajstić information content (AvgIpc) is 2.74. The number of halogens is 2. The van der Waals surface area contributed by atoms with Crippen molar-refractivity contribution in [1.29, 1.82) is 0 Å². The second-order valence-electron chi connectivity index (χ2n) is 3.35. The first-order valence-electron chi connectivity index (χ1n) is 4.83. The van der Waals surface area contributed by atoms with Gasteiger partial charge in [0.25, 0.3) is 0 Å². The average molecular weight is 303 g/mol. The van der Waals surface area contributed by atoms with Crippen molar-refractivity contribution in [3.8, 4) is 10.6 Å². The van der Waals surface area contributed by atoms with E-state index in [2.05, 4.69) is 9.72 Å². The zero-order valence-corrected chi connectivity index (χ0v) is 11.6. The van der Waals surface area contributed by atoms with E-state index in [0.717, 1.165) is 5.56 Å². The number of hydrogen-bond donors (Lipinski definition) is 1. The fourth-order valence-electron chi connectivity index (χ4n) is 1.33. The van der Waals surface area contributed by atoms with Crippen molar-refractivity contribution in [3.05, 3.63) is 33.9 Å². The molecule has 18 heavy (non-hydrogen) atoms.